The summed E-state index contributed by atoms with van der Waals surface area (Å²) in [6.45, 7) is 2.41. The second-order valence-corrected chi connectivity index (χ2v) is 4.98. The van der Waals surface area contributed by atoms with Crippen LogP contribution in [-0.4, -0.2) is 24.7 Å². The number of rotatable bonds is 3. The van der Waals surface area contributed by atoms with Gasteiger partial charge in [-0.2, -0.15) is 0 Å². The predicted octanol–water partition coefficient (Wildman–Crippen LogP) is 1.44. The molecule has 4 heteroatoms. The summed E-state index contributed by atoms with van der Waals surface area (Å²) in [5.41, 5.74) is 7.91. The van der Waals surface area contributed by atoms with E-state index in [2.05, 4.69) is 4.98 Å². The van der Waals surface area contributed by atoms with Gasteiger partial charge in [-0.15, -0.1) is 11.3 Å². The Morgan fingerprint density at radius 2 is 2.57 bits per heavy atom. The highest BCUT2D eigenvalue weighted by Gasteiger charge is 2.32. The molecule has 0 aromatic carbocycles. The molecule has 0 spiro atoms. The Hall–Kier alpha value is -0.450. The highest BCUT2D eigenvalue weighted by Crippen LogP contribution is 2.32. The number of ether oxygens (including phenoxy) is 1. The summed E-state index contributed by atoms with van der Waals surface area (Å²) in [5.74, 6) is 0. The SMILES string of the molecule is NCC1(Cc2cncs2)CCCOC1. The zero-order valence-electron chi connectivity index (χ0n) is 8.24. The van der Waals surface area contributed by atoms with Gasteiger partial charge in [0, 0.05) is 29.6 Å². The van der Waals surface area contributed by atoms with Crippen LogP contribution in [-0.2, 0) is 11.2 Å². The van der Waals surface area contributed by atoms with Gasteiger partial charge in [0.1, 0.15) is 0 Å². The fourth-order valence-corrected chi connectivity index (χ4v) is 2.75. The Morgan fingerprint density at radius 1 is 1.64 bits per heavy atom. The molecule has 1 aliphatic rings. The van der Waals surface area contributed by atoms with Gasteiger partial charge in [-0.1, -0.05) is 0 Å². The van der Waals surface area contributed by atoms with Crippen molar-refractivity contribution >= 4 is 11.3 Å². The summed E-state index contributed by atoms with van der Waals surface area (Å²) >= 11 is 1.71. The number of thiazole rings is 1. The third-order valence-electron chi connectivity index (χ3n) is 2.87. The molecule has 0 amide bonds. The van der Waals surface area contributed by atoms with Crippen molar-refractivity contribution in [2.24, 2.45) is 11.1 Å². The van der Waals surface area contributed by atoms with E-state index in [0.29, 0.717) is 6.54 Å². The fourth-order valence-electron chi connectivity index (χ4n) is 1.98. The third kappa shape index (κ3) is 2.13. The Labute approximate surface area is 88.3 Å². The molecule has 2 rings (SSSR count). The Balaban J connectivity index is 2.04. The van der Waals surface area contributed by atoms with Gasteiger partial charge >= 0.3 is 0 Å². The molecule has 3 nitrogen and oxygen atoms in total. The van der Waals surface area contributed by atoms with Crippen LogP contribution >= 0.6 is 11.3 Å². The van der Waals surface area contributed by atoms with E-state index in [1.54, 1.807) is 11.3 Å². The summed E-state index contributed by atoms with van der Waals surface area (Å²) < 4.78 is 5.53. The lowest BCUT2D eigenvalue weighted by molar-refractivity contribution is -0.00225. The molecule has 0 bridgehead atoms. The smallest absolute Gasteiger partial charge is 0.0794 e. The van der Waals surface area contributed by atoms with Gasteiger partial charge in [0.2, 0.25) is 0 Å². The minimum Gasteiger partial charge on any atom is -0.381 e. The van der Waals surface area contributed by atoms with Crippen LogP contribution in [0.5, 0.6) is 0 Å². The number of nitrogens with two attached hydrogens (primary N) is 1. The maximum absolute atomic E-state index is 5.86. The molecule has 1 aromatic heterocycles. The van der Waals surface area contributed by atoms with E-state index >= 15 is 0 Å². The molecule has 1 saturated heterocycles. The van der Waals surface area contributed by atoms with Gasteiger partial charge in [0.15, 0.2) is 0 Å². The van der Waals surface area contributed by atoms with E-state index in [4.69, 9.17) is 10.5 Å². The van der Waals surface area contributed by atoms with Gasteiger partial charge in [-0.05, 0) is 19.3 Å². The normalized spacial score (nSPS) is 27.8. The van der Waals surface area contributed by atoms with Crippen LogP contribution in [0, 0.1) is 5.41 Å². The van der Waals surface area contributed by atoms with Crippen molar-refractivity contribution in [3.63, 3.8) is 0 Å². The first-order chi connectivity index (χ1) is 6.85. The Bertz CT molecular complexity index is 268. The van der Waals surface area contributed by atoms with E-state index in [1.165, 1.54) is 11.3 Å². The molecule has 1 unspecified atom stereocenters. The van der Waals surface area contributed by atoms with Gasteiger partial charge in [-0.25, -0.2) is 0 Å². The number of aromatic nitrogens is 1. The maximum atomic E-state index is 5.86. The molecular weight excluding hydrogens is 196 g/mol. The van der Waals surface area contributed by atoms with E-state index in [0.717, 1.165) is 26.1 Å². The molecule has 78 valence electrons. The molecule has 0 radical (unpaired) electrons. The van der Waals surface area contributed by atoms with Crippen molar-refractivity contribution in [3.8, 4) is 0 Å². The molecule has 1 fully saturated rings. The standard InChI is InChI=1S/C10H16N2OS/c11-6-10(2-1-3-13-7-10)4-9-5-12-8-14-9/h5,8H,1-4,6-7,11H2. The minimum atomic E-state index is 0.171. The van der Waals surface area contributed by atoms with Crippen molar-refractivity contribution in [2.75, 3.05) is 19.8 Å². The second-order valence-electron chi connectivity index (χ2n) is 4.00. The van der Waals surface area contributed by atoms with E-state index < -0.39 is 0 Å². The molecular formula is C10H16N2OS. The lowest BCUT2D eigenvalue weighted by Gasteiger charge is -2.35. The summed E-state index contributed by atoms with van der Waals surface area (Å²) in [4.78, 5) is 5.41. The maximum Gasteiger partial charge on any atom is 0.0794 e. The van der Waals surface area contributed by atoms with Crippen molar-refractivity contribution < 1.29 is 4.74 Å². The topological polar surface area (TPSA) is 48.1 Å². The molecule has 0 saturated carbocycles. The zero-order valence-corrected chi connectivity index (χ0v) is 9.05. The van der Waals surface area contributed by atoms with Crippen LogP contribution in [0.1, 0.15) is 17.7 Å². The van der Waals surface area contributed by atoms with E-state index in [1.807, 2.05) is 11.7 Å². The average Bonchev–Trinajstić information content (AvgIpc) is 2.72. The Morgan fingerprint density at radius 3 is 3.14 bits per heavy atom. The average molecular weight is 212 g/mol. The minimum absolute atomic E-state index is 0.171. The second kappa shape index (κ2) is 4.38. The van der Waals surface area contributed by atoms with E-state index in [-0.39, 0.29) is 5.41 Å². The predicted molar refractivity (Wildman–Crippen MR) is 57.4 cm³/mol. The van der Waals surface area contributed by atoms with Crippen LogP contribution in [0.15, 0.2) is 11.7 Å². The molecule has 1 aliphatic heterocycles. The summed E-state index contributed by atoms with van der Waals surface area (Å²) in [6.07, 6.45) is 5.28. The molecule has 2 heterocycles. The lowest BCUT2D eigenvalue weighted by Crippen LogP contribution is -2.40. The van der Waals surface area contributed by atoms with Crippen LogP contribution in [0.4, 0.5) is 0 Å². The summed E-state index contributed by atoms with van der Waals surface area (Å²) in [5, 5.41) is 0. The highest BCUT2D eigenvalue weighted by atomic mass is 32.1. The third-order valence-corrected chi connectivity index (χ3v) is 3.65. The van der Waals surface area contributed by atoms with Crippen molar-refractivity contribution in [1.82, 2.24) is 4.98 Å². The zero-order chi connectivity index (χ0) is 9.86. The number of hydrogen-bond acceptors (Lipinski definition) is 4. The largest absolute Gasteiger partial charge is 0.381 e. The van der Waals surface area contributed by atoms with Gasteiger partial charge in [0.05, 0.1) is 12.1 Å². The number of hydrogen-bond donors (Lipinski definition) is 1. The van der Waals surface area contributed by atoms with Crippen LogP contribution in [0.25, 0.3) is 0 Å². The first-order valence-electron chi connectivity index (χ1n) is 5.00. The molecule has 1 atom stereocenters. The number of nitrogens with zero attached hydrogens (tertiary/aromatic N) is 1. The van der Waals surface area contributed by atoms with Crippen molar-refractivity contribution in [2.45, 2.75) is 19.3 Å². The lowest BCUT2D eigenvalue weighted by atomic mass is 9.79. The first-order valence-corrected chi connectivity index (χ1v) is 5.88. The quantitative estimate of drug-likeness (QED) is 0.824. The van der Waals surface area contributed by atoms with Crippen LogP contribution < -0.4 is 5.73 Å². The van der Waals surface area contributed by atoms with E-state index in [9.17, 15) is 0 Å². The van der Waals surface area contributed by atoms with Gasteiger partial charge < -0.3 is 10.5 Å². The molecule has 2 N–H and O–H groups in total. The molecule has 14 heavy (non-hydrogen) atoms. The van der Waals surface area contributed by atoms with Crippen molar-refractivity contribution in [3.05, 3.63) is 16.6 Å². The van der Waals surface area contributed by atoms with Gasteiger partial charge in [-0.3, -0.25) is 4.98 Å². The van der Waals surface area contributed by atoms with Crippen LogP contribution in [0.3, 0.4) is 0 Å². The van der Waals surface area contributed by atoms with Gasteiger partial charge in [0.25, 0.3) is 0 Å². The Kier molecular flexibility index (Phi) is 3.15. The fraction of sp³-hybridized carbons (Fsp3) is 0.700. The molecule has 1 aromatic rings. The molecule has 0 aliphatic carbocycles. The summed E-state index contributed by atoms with van der Waals surface area (Å²) in [6, 6.07) is 0. The highest BCUT2D eigenvalue weighted by molar-refractivity contribution is 7.09. The first kappa shape index (κ1) is 10.1. The van der Waals surface area contributed by atoms with Crippen LogP contribution in [0.2, 0.25) is 0 Å². The van der Waals surface area contributed by atoms with Crippen molar-refractivity contribution in [1.29, 1.82) is 0 Å². The monoisotopic (exact) mass is 212 g/mol. The summed E-state index contributed by atoms with van der Waals surface area (Å²) in [7, 11) is 0.